The number of ether oxygens (including phenoxy) is 1. The summed E-state index contributed by atoms with van der Waals surface area (Å²) in [7, 11) is 0. The molecule has 0 bridgehead atoms. The highest BCUT2D eigenvalue weighted by Crippen LogP contribution is 2.09. The number of anilines is 1. The van der Waals surface area contributed by atoms with E-state index >= 15 is 0 Å². The minimum atomic E-state index is -0.657. The molecule has 1 aromatic rings. The Balaban J connectivity index is 2.80. The summed E-state index contributed by atoms with van der Waals surface area (Å²) < 4.78 is 4.76. The average Bonchev–Trinajstić information content (AvgIpc) is 2.35. The molecule has 18 heavy (non-hydrogen) atoms. The van der Waals surface area contributed by atoms with Crippen LogP contribution in [0.3, 0.4) is 0 Å². The number of oxime groups is 1. The number of nitrogens with one attached hydrogen (secondary N) is 1. The zero-order valence-corrected chi connectivity index (χ0v) is 10.3. The smallest absolute Gasteiger partial charge is 0.360 e. The maximum Gasteiger partial charge on any atom is 0.360 e. The van der Waals surface area contributed by atoms with Gasteiger partial charge >= 0.3 is 5.97 Å². The molecule has 1 aromatic carbocycles. The lowest BCUT2D eigenvalue weighted by atomic mass is 10.2. The van der Waals surface area contributed by atoms with E-state index in [0.29, 0.717) is 0 Å². The topological polar surface area (TPSA) is 83.3 Å². The largest absolute Gasteiger partial charge is 0.461 e. The van der Waals surface area contributed by atoms with Gasteiger partial charge in [-0.25, -0.2) is 4.79 Å². The zero-order chi connectivity index (χ0) is 13.4. The zero-order valence-electron chi connectivity index (χ0n) is 10.3. The number of hydrazone groups is 1. The molecule has 2 N–H and O–H groups in total. The minimum Gasteiger partial charge on any atom is -0.461 e. The van der Waals surface area contributed by atoms with Crippen LogP contribution in [-0.2, 0) is 9.53 Å². The monoisotopic (exact) mass is 249 g/mol. The van der Waals surface area contributed by atoms with Crippen LogP contribution >= 0.6 is 0 Å². The van der Waals surface area contributed by atoms with Crippen LogP contribution in [0, 0.1) is 6.92 Å². The van der Waals surface area contributed by atoms with Crippen LogP contribution in [0.15, 0.2) is 34.5 Å². The van der Waals surface area contributed by atoms with Crippen molar-refractivity contribution in [1.82, 2.24) is 0 Å². The van der Waals surface area contributed by atoms with Crippen molar-refractivity contribution in [2.24, 2.45) is 10.3 Å². The van der Waals surface area contributed by atoms with Gasteiger partial charge in [0, 0.05) is 0 Å². The van der Waals surface area contributed by atoms with Gasteiger partial charge in [0.1, 0.15) is 6.21 Å². The van der Waals surface area contributed by atoms with Crippen molar-refractivity contribution in [1.29, 1.82) is 0 Å². The Kier molecular flexibility index (Phi) is 5.37. The van der Waals surface area contributed by atoms with Gasteiger partial charge in [-0.1, -0.05) is 17.3 Å². The molecule has 0 spiro atoms. The molecule has 0 amide bonds. The molecular weight excluding hydrogens is 234 g/mol. The first-order chi connectivity index (χ1) is 8.67. The van der Waals surface area contributed by atoms with E-state index in [-0.39, 0.29) is 12.3 Å². The molecule has 0 aliphatic heterocycles. The van der Waals surface area contributed by atoms with Gasteiger partial charge in [-0.05, 0) is 31.5 Å². The van der Waals surface area contributed by atoms with E-state index in [1.807, 2.05) is 25.1 Å². The van der Waals surface area contributed by atoms with Gasteiger partial charge in [-0.2, -0.15) is 5.10 Å². The molecule has 1 rings (SSSR count). The van der Waals surface area contributed by atoms with Crippen molar-refractivity contribution < 1.29 is 14.7 Å². The van der Waals surface area contributed by atoms with Gasteiger partial charge in [0.15, 0.2) is 5.71 Å². The van der Waals surface area contributed by atoms with Crippen molar-refractivity contribution in [3.05, 3.63) is 29.8 Å². The Morgan fingerprint density at radius 2 is 2.33 bits per heavy atom. The van der Waals surface area contributed by atoms with Crippen LogP contribution in [0.2, 0.25) is 0 Å². The van der Waals surface area contributed by atoms with Gasteiger partial charge in [0.25, 0.3) is 0 Å². The number of benzene rings is 1. The fraction of sp³-hybridized carbons (Fsp3) is 0.250. The van der Waals surface area contributed by atoms with Crippen LogP contribution in [0.1, 0.15) is 12.5 Å². The Hall–Kier alpha value is -2.37. The van der Waals surface area contributed by atoms with E-state index in [4.69, 9.17) is 9.94 Å². The highest BCUT2D eigenvalue weighted by molar-refractivity contribution is 6.59. The van der Waals surface area contributed by atoms with E-state index in [9.17, 15) is 4.79 Å². The van der Waals surface area contributed by atoms with Crippen LogP contribution in [-0.4, -0.2) is 29.7 Å². The summed E-state index contributed by atoms with van der Waals surface area (Å²) in [6.07, 6.45) is 0.917. The van der Waals surface area contributed by atoms with E-state index in [0.717, 1.165) is 17.5 Å². The van der Waals surface area contributed by atoms with Gasteiger partial charge in [0.2, 0.25) is 0 Å². The summed E-state index contributed by atoms with van der Waals surface area (Å²) in [6, 6.07) is 7.46. The highest BCUT2D eigenvalue weighted by Gasteiger charge is 2.10. The fourth-order valence-electron chi connectivity index (χ4n) is 1.23. The third kappa shape index (κ3) is 4.25. The third-order valence-corrected chi connectivity index (χ3v) is 1.99. The van der Waals surface area contributed by atoms with Crippen LogP contribution in [0.25, 0.3) is 0 Å². The summed E-state index contributed by atoms with van der Waals surface area (Å²) in [6.45, 7) is 3.84. The standard InChI is InChI=1S/C12H15N3O3/c1-3-18-12(16)11(8-13-17)15-14-10-6-4-5-9(2)7-10/h4-8,14,17H,3H2,1-2H3. The summed E-state index contributed by atoms with van der Waals surface area (Å²) in [5.41, 5.74) is 4.37. The third-order valence-electron chi connectivity index (χ3n) is 1.99. The summed E-state index contributed by atoms with van der Waals surface area (Å²) in [4.78, 5) is 11.4. The van der Waals surface area contributed by atoms with Crippen LogP contribution in [0.5, 0.6) is 0 Å². The molecule has 96 valence electrons. The second-order valence-electron chi connectivity index (χ2n) is 3.44. The fourth-order valence-corrected chi connectivity index (χ4v) is 1.23. The molecule has 0 radical (unpaired) electrons. The van der Waals surface area contributed by atoms with Gasteiger partial charge in [-0.3, -0.25) is 5.43 Å². The summed E-state index contributed by atoms with van der Waals surface area (Å²) >= 11 is 0. The van der Waals surface area contributed by atoms with Crippen molar-refractivity contribution in [2.45, 2.75) is 13.8 Å². The molecule has 0 saturated carbocycles. The van der Waals surface area contributed by atoms with E-state index in [1.54, 1.807) is 13.0 Å². The lowest BCUT2D eigenvalue weighted by Crippen LogP contribution is -2.20. The lowest BCUT2D eigenvalue weighted by molar-refractivity contribution is -0.134. The minimum absolute atomic E-state index is 0.110. The SMILES string of the molecule is CCOC(=O)C(C=NO)=NNc1cccc(C)c1. The Labute approximate surface area is 105 Å². The summed E-state index contributed by atoms with van der Waals surface area (Å²) in [5, 5.41) is 15.0. The van der Waals surface area contributed by atoms with Gasteiger partial charge < -0.3 is 9.94 Å². The number of carbonyl (C=O) groups is 1. The predicted molar refractivity (Wildman–Crippen MR) is 69.1 cm³/mol. The second-order valence-corrected chi connectivity index (χ2v) is 3.44. The van der Waals surface area contributed by atoms with E-state index in [2.05, 4.69) is 15.7 Å². The summed E-state index contributed by atoms with van der Waals surface area (Å²) in [5.74, 6) is -0.657. The molecule has 0 fully saturated rings. The number of hydrogen-bond acceptors (Lipinski definition) is 6. The lowest BCUT2D eigenvalue weighted by Gasteiger charge is -2.03. The van der Waals surface area contributed by atoms with E-state index in [1.165, 1.54) is 0 Å². The molecule has 0 heterocycles. The van der Waals surface area contributed by atoms with Crippen molar-refractivity contribution in [2.75, 3.05) is 12.0 Å². The molecule has 0 atom stereocenters. The predicted octanol–water partition coefficient (Wildman–Crippen LogP) is 1.79. The molecule has 0 aliphatic rings. The first-order valence-electron chi connectivity index (χ1n) is 5.42. The number of carbonyl (C=O) groups excluding carboxylic acids is 1. The molecule has 6 heteroatoms. The van der Waals surface area contributed by atoms with Crippen molar-refractivity contribution in [3.63, 3.8) is 0 Å². The quantitative estimate of drug-likeness (QED) is 0.360. The molecular formula is C12H15N3O3. The number of aryl methyl sites for hydroxylation is 1. The van der Waals surface area contributed by atoms with Gasteiger partial charge in [0.05, 0.1) is 12.3 Å². The number of nitrogens with zero attached hydrogens (tertiary/aromatic N) is 2. The first-order valence-corrected chi connectivity index (χ1v) is 5.42. The maximum atomic E-state index is 11.4. The molecule has 6 nitrogen and oxygen atoms in total. The highest BCUT2D eigenvalue weighted by atomic mass is 16.5. The normalized spacial score (nSPS) is 11.6. The molecule has 0 aromatic heterocycles. The van der Waals surface area contributed by atoms with Crippen molar-refractivity contribution >= 4 is 23.6 Å². The average molecular weight is 249 g/mol. The van der Waals surface area contributed by atoms with E-state index < -0.39 is 5.97 Å². The number of rotatable bonds is 5. The van der Waals surface area contributed by atoms with Gasteiger partial charge in [-0.15, -0.1) is 0 Å². The Morgan fingerprint density at radius 1 is 1.56 bits per heavy atom. The first kappa shape index (κ1) is 13.7. The molecule has 0 aliphatic carbocycles. The Bertz CT molecular complexity index is 469. The number of esters is 1. The van der Waals surface area contributed by atoms with Crippen LogP contribution in [0.4, 0.5) is 5.69 Å². The maximum absolute atomic E-state index is 11.4. The number of hydrogen-bond donors (Lipinski definition) is 2. The molecule has 0 unspecified atom stereocenters. The molecule has 0 saturated heterocycles. The van der Waals surface area contributed by atoms with Crippen LogP contribution < -0.4 is 5.43 Å². The van der Waals surface area contributed by atoms with Crippen molar-refractivity contribution in [3.8, 4) is 0 Å². The Morgan fingerprint density at radius 3 is 2.94 bits per heavy atom. The second kappa shape index (κ2) is 7.05.